The number of amides is 2. The fourth-order valence-corrected chi connectivity index (χ4v) is 4.89. The molecule has 1 unspecified atom stereocenters. The summed E-state index contributed by atoms with van der Waals surface area (Å²) in [6.07, 6.45) is 2.90. The zero-order chi connectivity index (χ0) is 27.5. The highest BCUT2D eigenvalue weighted by Gasteiger charge is 2.21. The lowest BCUT2D eigenvalue weighted by atomic mass is 10.0. The Morgan fingerprint density at radius 3 is 2.69 bits per heavy atom. The van der Waals surface area contributed by atoms with E-state index in [2.05, 4.69) is 20.9 Å². The Kier molecular flexibility index (Phi) is 7.92. The third-order valence-electron chi connectivity index (χ3n) is 6.44. The molecular weight excluding hydrogens is 544 g/mol. The van der Waals surface area contributed by atoms with Gasteiger partial charge in [0.15, 0.2) is 11.6 Å². The number of anilines is 2. The molecule has 0 saturated carbocycles. The normalized spacial score (nSPS) is 15.2. The Labute approximate surface area is 234 Å². The average Bonchev–Trinajstić information content (AvgIpc) is 3.34. The Bertz CT molecular complexity index is 1530. The van der Waals surface area contributed by atoms with E-state index in [4.69, 9.17) is 33.7 Å². The summed E-state index contributed by atoms with van der Waals surface area (Å²) in [5.74, 6) is -1.19. The summed E-state index contributed by atoms with van der Waals surface area (Å²) in [6, 6.07) is 14.3. The SMILES string of the molecule is Nc1cc(Cl)cc(Oc2c(Cl)ccc(CNC(=O)c3cc4cc(NC(=O)C5CCCCN5)ccc4[nH]3)c2F)c1. The van der Waals surface area contributed by atoms with E-state index in [9.17, 15) is 9.59 Å². The number of aromatic nitrogens is 1. The number of H-pyrrole nitrogens is 1. The number of ether oxygens (including phenoxy) is 1. The van der Waals surface area contributed by atoms with E-state index >= 15 is 4.39 Å². The van der Waals surface area contributed by atoms with Crippen molar-refractivity contribution in [1.29, 1.82) is 0 Å². The first-order chi connectivity index (χ1) is 18.8. The van der Waals surface area contributed by atoms with Crippen LogP contribution in [0.15, 0.2) is 54.6 Å². The van der Waals surface area contributed by atoms with E-state index < -0.39 is 11.7 Å². The molecule has 1 atom stereocenters. The Hall–Kier alpha value is -3.79. The number of hydrogen-bond acceptors (Lipinski definition) is 5. The van der Waals surface area contributed by atoms with Gasteiger partial charge in [-0.05, 0) is 61.9 Å². The average molecular weight is 570 g/mol. The Balaban J connectivity index is 1.26. The molecule has 8 nitrogen and oxygen atoms in total. The molecule has 1 aromatic heterocycles. The van der Waals surface area contributed by atoms with Crippen LogP contribution in [0.2, 0.25) is 10.0 Å². The van der Waals surface area contributed by atoms with Gasteiger partial charge in [-0.1, -0.05) is 35.7 Å². The molecule has 1 fully saturated rings. The molecule has 2 amide bonds. The summed E-state index contributed by atoms with van der Waals surface area (Å²) in [7, 11) is 0. The van der Waals surface area contributed by atoms with Crippen molar-refractivity contribution in [2.45, 2.75) is 31.8 Å². The molecule has 202 valence electrons. The monoisotopic (exact) mass is 569 g/mol. The van der Waals surface area contributed by atoms with E-state index in [1.54, 1.807) is 24.3 Å². The summed E-state index contributed by atoms with van der Waals surface area (Å²) in [5.41, 5.74) is 7.97. The van der Waals surface area contributed by atoms with Gasteiger partial charge in [0.1, 0.15) is 11.4 Å². The molecule has 1 saturated heterocycles. The molecule has 4 aromatic rings. The number of carbonyl (C=O) groups is 2. The Morgan fingerprint density at radius 2 is 1.92 bits per heavy atom. The maximum atomic E-state index is 15.3. The fraction of sp³-hybridized carbons (Fsp3) is 0.214. The van der Waals surface area contributed by atoms with E-state index in [0.29, 0.717) is 22.1 Å². The van der Waals surface area contributed by atoms with Gasteiger partial charge in [0, 0.05) is 45.5 Å². The molecule has 6 N–H and O–H groups in total. The van der Waals surface area contributed by atoms with Gasteiger partial charge < -0.3 is 31.4 Å². The minimum Gasteiger partial charge on any atom is -0.453 e. The third kappa shape index (κ3) is 6.27. The summed E-state index contributed by atoms with van der Waals surface area (Å²) < 4.78 is 20.9. The molecule has 2 heterocycles. The number of nitrogen functional groups attached to an aromatic ring is 1. The number of carbonyl (C=O) groups excluding carboxylic acids is 2. The highest BCUT2D eigenvalue weighted by Crippen LogP contribution is 2.35. The highest BCUT2D eigenvalue weighted by molar-refractivity contribution is 6.32. The lowest BCUT2D eigenvalue weighted by Crippen LogP contribution is -2.43. The van der Waals surface area contributed by atoms with Gasteiger partial charge >= 0.3 is 0 Å². The minimum absolute atomic E-state index is 0.0545. The topological polar surface area (TPSA) is 121 Å². The number of nitrogens with two attached hydrogens (primary N) is 1. The van der Waals surface area contributed by atoms with Crippen LogP contribution in [0.1, 0.15) is 35.3 Å². The second kappa shape index (κ2) is 11.5. The fourth-order valence-electron chi connectivity index (χ4n) is 4.47. The van der Waals surface area contributed by atoms with Crippen molar-refractivity contribution >= 4 is 57.3 Å². The van der Waals surface area contributed by atoms with Crippen LogP contribution in [0, 0.1) is 5.82 Å². The number of rotatable bonds is 7. The minimum atomic E-state index is -0.717. The molecule has 0 aliphatic carbocycles. The summed E-state index contributed by atoms with van der Waals surface area (Å²) in [5, 5.41) is 10.0. The van der Waals surface area contributed by atoms with E-state index in [-0.39, 0.29) is 40.6 Å². The van der Waals surface area contributed by atoms with Crippen LogP contribution in [0.5, 0.6) is 11.5 Å². The Morgan fingerprint density at radius 1 is 1.08 bits per heavy atom. The smallest absolute Gasteiger partial charge is 0.267 e. The summed E-state index contributed by atoms with van der Waals surface area (Å²) >= 11 is 12.2. The van der Waals surface area contributed by atoms with E-state index in [1.807, 2.05) is 0 Å². The standard InChI is InChI=1S/C28H26Cl2FN5O3/c29-17-11-18(32)13-20(12-17)39-26-21(30)6-4-15(25(26)31)14-34-27(37)24-10-16-9-19(5-7-22(16)36-24)35-28(38)23-3-1-2-8-33-23/h4-7,9-13,23,33,36H,1-3,8,14,32H2,(H,34,37)(H,35,38). The maximum absolute atomic E-state index is 15.3. The third-order valence-corrected chi connectivity index (χ3v) is 6.96. The molecule has 39 heavy (non-hydrogen) atoms. The largest absolute Gasteiger partial charge is 0.453 e. The number of piperidine rings is 1. The molecule has 1 aliphatic rings. The van der Waals surface area contributed by atoms with Crippen LogP contribution >= 0.6 is 23.2 Å². The van der Waals surface area contributed by atoms with E-state index in [1.165, 1.54) is 30.3 Å². The molecule has 0 bridgehead atoms. The van der Waals surface area contributed by atoms with Crippen LogP contribution in [0.4, 0.5) is 15.8 Å². The summed E-state index contributed by atoms with van der Waals surface area (Å²) in [4.78, 5) is 28.4. The van der Waals surface area contributed by atoms with Gasteiger partial charge in [-0.2, -0.15) is 0 Å². The predicted octanol–water partition coefficient (Wildman–Crippen LogP) is 6.00. The van der Waals surface area contributed by atoms with Gasteiger partial charge in [-0.15, -0.1) is 0 Å². The molecule has 11 heteroatoms. The second-order valence-corrected chi connectivity index (χ2v) is 10.2. The first kappa shape index (κ1) is 26.8. The van der Waals surface area contributed by atoms with Crippen molar-refractivity contribution in [2.75, 3.05) is 17.6 Å². The van der Waals surface area contributed by atoms with Crippen LogP contribution < -0.4 is 26.4 Å². The lowest BCUT2D eigenvalue weighted by Gasteiger charge is -2.22. The molecule has 0 spiro atoms. The van der Waals surface area contributed by atoms with Crippen LogP contribution in [0.25, 0.3) is 10.9 Å². The van der Waals surface area contributed by atoms with Gasteiger partial charge in [0.2, 0.25) is 5.91 Å². The van der Waals surface area contributed by atoms with Gasteiger partial charge in [0.05, 0.1) is 11.1 Å². The molecule has 1 aliphatic heterocycles. The van der Waals surface area contributed by atoms with Crippen molar-refractivity contribution in [2.24, 2.45) is 0 Å². The van der Waals surface area contributed by atoms with Crippen molar-refractivity contribution in [3.05, 3.63) is 81.7 Å². The molecular formula is C28H26Cl2FN5O3. The highest BCUT2D eigenvalue weighted by atomic mass is 35.5. The number of hydrogen-bond donors (Lipinski definition) is 5. The number of nitrogens with one attached hydrogen (secondary N) is 4. The van der Waals surface area contributed by atoms with Crippen molar-refractivity contribution in [3.63, 3.8) is 0 Å². The quantitative estimate of drug-likeness (QED) is 0.175. The lowest BCUT2D eigenvalue weighted by molar-refractivity contribution is -0.118. The number of aromatic amines is 1. The van der Waals surface area contributed by atoms with Gasteiger partial charge in [-0.25, -0.2) is 4.39 Å². The maximum Gasteiger partial charge on any atom is 0.267 e. The number of halogens is 3. The number of benzene rings is 3. The molecule has 5 rings (SSSR count). The van der Waals surface area contributed by atoms with Crippen LogP contribution in [0.3, 0.4) is 0 Å². The van der Waals surface area contributed by atoms with Crippen LogP contribution in [-0.2, 0) is 11.3 Å². The van der Waals surface area contributed by atoms with E-state index in [0.717, 1.165) is 36.7 Å². The second-order valence-electron chi connectivity index (χ2n) is 9.33. The van der Waals surface area contributed by atoms with Crippen LogP contribution in [-0.4, -0.2) is 29.4 Å². The summed E-state index contributed by atoms with van der Waals surface area (Å²) in [6.45, 7) is 0.722. The predicted molar refractivity (Wildman–Crippen MR) is 151 cm³/mol. The van der Waals surface area contributed by atoms with Crippen molar-refractivity contribution in [1.82, 2.24) is 15.6 Å². The van der Waals surface area contributed by atoms with Gasteiger partial charge in [-0.3, -0.25) is 9.59 Å². The molecule has 3 aromatic carbocycles. The number of fused-ring (bicyclic) bond motifs is 1. The van der Waals surface area contributed by atoms with Gasteiger partial charge in [0.25, 0.3) is 5.91 Å². The first-order valence-electron chi connectivity index (χ1n) is 12.4. The zero-order valence-corrected chi connectivity index (χ0v) is 22.3. The first-order valence-corrected chi connectivity index (χ1v) is 13.2. The molecule has 0 radical (unpaired) electrons. The van der Waals surface area contributed by atoms with Crippen molar-refractivity contribution < 1.29 is 18.7 Å². The van der Waals surface area contributed by atoms with Crippen molar-refractivity contribution in [3.8, 4) is 11.5 Å². The zero-order valence-electron chi connectivity index (χ0n) is 20.7.